The molecule has 2 aliphatic heterocycles. The van der Waals surface area contributed by atoms with Crippen LogP contribution in [0.3, 0.4) is 0 Å². The molecular weight excluding hydrogens is 256 g/mol. The summed E-state index contributed by atoms with van der Waals surface area (Å²) in [5.74, 6) is 0.0278. The molecule has 1 spiro atoms. The third-order valence-electron chi connectivity index (χ3n) is 4.60. The summed E-state index contributed by atoms with van der Waals surface area (Å²) < 4.78 is 1.90. The van der Waals surface area contributed by atoms with Gasteiger partial charge in [0, 0.05) is 38.6 Å². The van der Waals surface area contributed by atoms with E-state index < -0.39 is 11.5 Å². The molecule has 2 N–H and O–H groups in total. The average molecular weight is 278 g/mol. The van der Waals surface area contributed by atoms with E-state index in [9.17, 15) is 9.90 Å². The molecule has 110 valence electrons. The standard InChI is InChI=1S/C14H22N4O2/c19-12-3-8-17(9-10-18-7-2-6-16-18)11-14(12)4-1-5-15-13(14)20/h2,6-7,12,19H,1,3-5,8-11H2,(H,15,20)/t12-,14+/m0/s1. The fourth-order valence-corrected chi connectivity index (χ4v) is 3.40. The van der Waals surface area contributed by atoms with E-state index in [4.69, 9.17) is 0 Å². The van der Waals surface area contributed by atoms with Crippen molar-refractivity contribution in [2.45, 2.75) is 31.9 Å². The van der Waals surface area contributed by atoms with E-state index in [0.717, 1.165) is 39.0 Å². The largest absolute Gasteiger partial charge is 0.392 e. The predicted octanol–water partition coefficient (Wildman–Crippen LogP) is -0.154. The highest BCUT2D eigenvalue weighted by Gasteiger charge is 2.49. The van der Waals surface area contributed by atoms with Crippen LogP contribution in [0.1, 0.15) is 19.3 Å². The van der Waals surface area contributed by atoms with Gasteiger partial charge in [0.2, 0.25) is 5.91 Å². The topological polar surface area (TPSA) is 70.4 Å². The van der Waals surface area contributed by atoms with E-state index in [0.29, 0.717) is 13.0 Å². The van der Waals surface area contributed by atoms with Crippen molar-refractivity contribution >= 4 is 5.91 Å². The van der Waals surface area contributed by atoms with Gasteiger partial charge >= 0.3 is 0 Å². The van der Waals surface area contributed by atoms with E-state index in [1.807, 2.05) is 16.9 Å². The summed E-state index contributed by atoms with van der Waals surface area (Å²) in [4.78, 5) is 14.5. The Balaban J connectivity index is 1.65. The monoisotopic (exact) mass is 278 g/mol. The number of piperidine rings is 2. The maximum absolute atomic E-state index is 12.2. The van der Waals surface area contributed by atoms with E-state index in [1.54, 1.807) is 6.20 Å². The number of carbonyl (C=O) groups excluding carboxylic acids is 1. The summed E-state index contributed by atoms with van der Waals surface area (Å²) in [5.41, 5.74) is -0.597. The smallest absolute Gasteiger partial charge is 0.230 e. The first-order chi connectivity index (χ1) is 9.71. The zero-order valence-corrected chi connectivity index (χ0v) is 11.7. The third-order valence-corrected chi connectivity index (χ3v) is 4.60. The minimum Gasteiger partial charge on any atom is -0.392 e. The van der Waals surface area contributed by atoms with Gasteiger partial charge in [-0.1, -0.05) is 0 Å². The molecule has 1 aromatic rings. The van der Waals surface area contributed by atoms with Gasteiger partial charge in [0.05, 0.1) is 18.1 Å². The molecular formula is C14H22N4O2. The minimum atomic E-state index is -0.597. The molecule has 0 aromatic carbocycles. The molecule has 2 atom stereocenters. The lowest BCUT2D eigenvalue weighted by Gasteiger charge is -2.46. The van der Waals surface area contributed by atoms with E-state index in [2.05, 4.69) is 15.3 Å². The van der Waals surface area contributed by atoms with Crippen LogP contribution in [0.15, 0.2) is 18.5 Å². The number of aliphatic hydroxyl groups is 1. The van der Waals surface area contributed by atoms with Crippen LogP contribution < -0.4 is 5.32 Å². The number of hydrogen-bond acceptors (Lipinski definition) is 4. The van der Waals surface area contributed by atoms with Gasteiger partial charge in [-0.2, -0.15) is 5.10 Å². The molecule has 2 fully saturated rings. The van der Waals surface area contributed by atoms with Gasteiger partial charge in [0.25, 0.3) is 0 Å². The molecule has 0 unspecified atom stereocenters. The molecule has 6 heteroatoms. The number of likely N-dealkylation sites (tertiary alicyclic amines) is 1. The Labute approximate surface area is 118 Å². The van der Waals surface area contributed by atoms with Crippen molar-refractivity contribution in [2.24, 2.45) is 5.41 Å². The summed E-state index contributed by atoms with van der Waals surface area (Å²) in [5, 5.41) is 17.4. The SMILES string of the molecule is O=C1NCCC[C@]12CN(CCn1cccn1)CC[C@@H]2O. The highest BCUT2D eigenvalue weighted by atomic mass is 16.3. The lowest BCUT2D eigenvalue weighted by Crippen LogP contribution is -2.61. The first-order valence-corrected chi connectivity index (χ1v) is 7.37. The van der Waals surface area contributed by atoms with E-state index in [-0.39, 0.29) is 5.91 Å². The van der Waals surface area contributed by atoms with Crippen LogP contribution in [-0.4, -0.2) is 58.0 Å². The summed E-state index contributed by atoms with van der Waals surface area (Å²) in [7, 11) is 0. The summed E-state index contributed by atoms with van der Waals surface area (Å²) in [6, 6.07) is 1.91. The fraction of sp³-hybridized carbons (Fsp3) is 0.714. The summed E-state index contributed by atoms with van der Waals surface area (Å²) in [6.45, 7) is 3.92. The van der Waals surface area contributed by atoms with Gasteiger partial charge in [-0.3, -0.25) is 9.48 Å². The van der Waals surface area contributed by atoms with Gasteiger partial charge in [0.1, 0.15) is 0 Å². The van der Waals surface area contributed by atoms with Gasteiger partial charge in [-0.25, -0.2) is 0 Å². The molecule has 20 heavy (non-hydrogen) atoms. The van der Waals surface area contributed by atoms with Crippen molar-refractivity contribution in [1.82, 2.24) is 20.0 Å². The Bertz CT molecular complexity index is 462. The predicted molar refractivity (Wildman–Crippen MR) is 74.0 cm³/mol. The maximum Gasteiger partial charge on any atom is 0.230 e. The normalized spacial score (nSPS) is 31.4. The van der Waals surface area contributed by atoms with Crippen LogP contribution in [-0.2, 0) is 11.3 Å². The zero-order chi connectivity index (χ0) is 14.0. The van der Waals surface area contributed by atoms with Crippen LogP contribution in [0.25, 0.3) is 0 Å². The Morgan fingerprint density at radius 3 is 3.15 bits per heavy atom. The Hall–Kier alpha value is -1.40. The molecule has 0 radical (unpaired) electrons. The second kappa shape index (κ2) is 5.54. The molecule has 3 heterocycles. The van der Waals surface area contributed by atoms with Crippen molar-refractivity contribution in [3.8, 4) is 0 Å². The summed E-state index contributed by atoms with van der Waals surface area (Å²) in [6.07, 6.45) is 5.63. The Morgan fingerprint density at radius 1 is 1.50 bits per heavy atom. The third kappa shape index (κ3) is 2.45. The van der Waals surface area contributed by atoms with Crippen LogP contribution in [0.2, 0.25) is 0 Å². The molecule has 1 aromatic heterocycles. The quantitative estimate of drug-likeness (QED) is 0.806. The molecule has 0 saturated carbocycles. The van der Waals surface area contributed by atoms with Crippen molar-refractivity contribution in [2.75, 3.05) is 26.2 Å². The fourth-order valence-electron chi connectivity index (χ4n) is 3.40. The Morgan fingerprint density at radius 2 is 2.40 bits per heavy atom. The molecule has 0 aliphatic carbocycles. The highest BCUT2D eigenvalue weighted by molar-refractivity contribution is 5.84. The number of aromatic nitrogens is 2. The Kier molecular flexibility index (Phi) is 3.76. The number of carbonyl (C=O) groups is 1. The zero-order valence-electron chi connectivity index (χ0n) is 11.7. The van der Waals surface area contributed by atoms with Crippen LogP contribution in [0.5, 0.6) is 0 Å². The number of nitrogens with one attached hydrogen (secondary N) is 1. The molecule has 2 saturated heterocycles. The molecule has 3 rings (SSSR count). The van der Waals surface area contributed by atoms with Gasteiger partial charge in [0.15, 0.2) is 0 Å². The highest BCUT2D eigenvalue weighted by Crippen LogP contribution is 2.37. The van der Waals surface area contributed by atoms with Crippen molar-refractivity contribution < 1.29 is 9.90 Å². The first-order valence-electron chi connectivity index (χ1n) is 7.37. The van der Waals surface area contributed by atoms with E-state index in [1.165, 1.54) is 0 Å². The number of aliphatic hydroxyl groups excluding tert-OH is 1. The maximum atomic E-state index is 12.2. The summed E-state index contributed by atoms with van der Waals surface area (Å²) >= 11 is 0. The van der Waals surface area contributed by atoms with Crippen LogP contribution in [0, 0.1) is 5.41 Å². The molecule has 0 bridgehead atoms. The second-order valence-electron chi connectivity index (χ2n) is 5.87. The van der Waals surface area contributed by atoms with Crippen LogP contribution >= 0.6 is 0 Å². The average Bonchev–Trinajstić information content (AvgIpc) is 2.96. The van der Waals surface area contributed by atoms with Crippen molar-refractivity contribution in [3.63, 3.8) is 0 Å². The molecule has 6 nitrogen and oxygen atoms in total. The number of rotatable bonds is 3. The second-order valence-corrected chi connectivity index (χ2v) is 5.87. The van der Waals surface area contributed by atoms with Gasteiger partial charge in [-0.15, -0.1) is 0 Å². The van der Waals surface area contributed by atoms with Crippen molar-refractivity contribution in [1.29, 1.82) is 0 Å². The van der Waals surface area contributed by atoms with Crippen LogP contribution in [0.4, 0.5) is 0 Å². The lowest BCUT2D eigenvalue weighted by atomic mass is 9.71. The molecule has 2 aliphatic rings. The van der Waals surface area contributed by atoms with Gasteiger partial charge in [-0.05, 0) is 25.3 Å². The number of hydrogen-bond donors (Lipinski definition) is 2. The number of amides is 1. The number of nitrogens with zero attached hydrogens (tertiary/aromatic N) is 3. The lowest BCUT2D eigenvalue weighted by molar-refractivity contribution is -0.149. The van der Waals surface area contributed by atoms with Gasteiger partial charge < -0.3 is 15.3 Å². The van der Waals surface area contributed by atoms with Crippen molar-refractivity contribution in [3.05, 3.63) is 18.5 Å². The first kappa shape index (κ1) is 13.6. The minimum absolute atomic E-state index is 0.0278. The molecule has 1 amide bonds. The van der Waals surface area contributed by atoms with E-state index >= 15 is 0 Å².